The zero-order valence-corrected chi connectivity index (χ0v) is 17.9. The molecule has 30 heavy (non-hydrogen) atoms. The van der Waals surface area contributed by atoms with Crippen molar-refractivity contribution in [2.75, 3.05) is 26.2 Å². The van der Waals surface area contributed by atoms with Gasteiger partial charge in [-0.2, -0.15) is 0 Å². The van der Waals surface area contributed by atoms with E-state index in [1.807, 2.05) is 6.07 Å². The molecule has 6 nitrogen and oxygen atoms in total. The Bertz CT molecular complexity index is 913. The van der Waals surface area contributed by atoms with Crippen LogP contribution in [0.2, 0.25) is 10.0 Å². The molecule has 8 heteroatoms. The minimum Gasteiger partial charge on any atom is -0.354 e. The van der Waals surface area contributed by atoms with E-state index < -0.39 is 0 Å². The van der Waals surface area contributed by atoms with Crippen LogP contribution in [-0.4, -0.2) is 48.8 Å². The second kappa shape index (κ2) is 10.5. The molecule has 2 N–H and O–H groups in total. The average molecular weight is 448 g/mol. The quantitative estimate of drug-likeness (QED) is 0.666. The fourth-order valence-electron chi connectivity index (χ4n) is 3.38. The second-order valence-electron chi connectivity index (χ2n) is 7.10. The Morgan fingerprint density at radius 1 is 0.933 bits per heavy atom. The molecule has 1 aliphatic rings. The van der Waals surface area contributed by atoms with Gasteiger partial charge in [-0.05, 0) is 43.2 Å². The van der Waals surface area contributed by atoms with E-state index >= 15 is 0 Å². The molecule has 3 rings (SSSR count). The second-order valence-corrected chi connectivity index (χ2v) is 7.95. The lowest BCUT2D eigenvalue weighted by Crippen LogP contribution is -2.44. The maximum Gasteiger partial charge on any atom is 0.255 e. The molecule has 0 unspecified atom stereocenters. The Kier molecular flexibility index (Phi) is 7.71. The number of hydrogen-bond acceptors (Lipinski definition) is 3. The van der Waals surface area contributed by atoms with Crippen LogP contribution < -0.4 is 10.6 Å². The number of benzene rings is 2. The first-order valence-electron chi connectivity index (χ1n) is 9.81. The van der Waals surface area contributed by atoms with Gasteiger partial charge >= 0.3 is 0 Å². The normalized spacial score (nSPS) is 14.3. The minimum atomic E-state index is -0.169. The van der Waals surface area contributed by atoms with Gasteiger partial charge in [0, 0.05) is 42.7 Å². The predicted octanol–water partition coefficient (Wildman–Crippen LogP) is 3.39. The summed E-state index contributed by atoms with van der Waals surface area (Å²) in [5.74, 6) is -0.531. The van der Waals surface area contributed by atoms with E-state index in [1.54, 1.807) is 47.4 Å². The van der Waals surface area contributed by atoms with Crippen LogP contribution in [0.15, 0.2) is 48.5 Å². The molecule has 158 valence electrons. The Morgan fingerprint density at radius 3 is 2.27 bits per heavy atom. The highest BCUT2D eigenvalue weighted by molar-refractivity contribution is 6.36. The van der Waals surface area contributed by atoms with Gasteiger partial charge in [-0.15, -0.1) is 0 Å². The average Bonchev–Trinajstić information content (AvgIpc) is 2.76. The highest BCUT2D eigenvalue weighted by Gasteiger charge is 2.28. The van der Waals surface area contributed by atoms with Crippen molar-refractivity contribution in [3.8, 4) is 0 Å². The van der Waals surface area contributed by atoms with Crippen LogP contribution in [0.5, 0.6) is 0 Å². The van der Waals surface area contributed by atoms with Crippen LogP contribution in [0.3, 0.4) is 0 Å². The highest BCUT2D eigenvalue weighted by Crippen LogP contribution is 2.25. The van der Waals surface area contributed by atoms with Gasteiger partial charge in [0.2, 0.25) is 5.91 Å². The van der Waals surface area contributed by atoms with Crippen molar-refractivity contribution in [3.05, 3.63) is 69.7 Å². The molecule has 2 aromatic carbocycles. The van der Waals surface area contributed by atoms with E-state index in [2.05, 4.69) is 10.6 Å². The summed E-state index contributed by atoms with van der Waals surface area (Å²) in [6, 6.07) is 13.7. The molecule has 1 aliphatic heterocycles. The van der Waals surface area contributed by atoms with Crippen LogP contribution >= 0.6 is 23.2 Å². The zero-order valence-electron chi connectivity index (χ0n) is 16.4. The number of amides is 3. The molecule has 0 spiro atoms. The van der Waals surface area contributed by atoms with E-state index in [0.717, 1.165) is 0 Å². The fraction of sp³-hybridized carbons (Fsp3) is 0.318. The van der Waals surface area contributed by atoms with E-state index in [9.17, 15) is 14.4 Å². The van der Waals surface area contributed by atoms with Crippen molar-refractivity contribution in [3.63, 3.8) is 0 Å². The third-order valence-electron chi connectivity index (χ3n) is 5.06. The van der Waals surface area contributed by atoms with Crippen molar-refractivity contribution in [1.29, 1.82) is 0 Å². The van der Waals surface area contributed by atoms with Gasteiger partial charge in [-0.25, -0.2) is 0 Å². The molecule has 0 bridgehead atoms. The van der Waals surface area contributed by atoms with Gasteiger partial charge in [0.25, 0.3) is 11.8 Å². The topological polar surface area (TPSA) is 78.5 Å². The maximum atomic E-state index is 12.7. The molecule has 1 saturated heterocycles. The lowest BCUT2D eigenvalue weighted by atomic mass is 9.95. The molecular formula is C22H23Cl2N3O3. The summed E-state index contributed by atoms with van der Waals surface area (Å²) in [6.45, 7) is 1.68. The van der Waals surface area contributed by atoms with Crippen LogP contribution in [-0.2, 0) is 4.79 Å². The third kappa shape index (κ3) is 5.74. The van der Waals surface area contributed by atoms with E-state index in [0.29, 0.717) is 60.2 Å². The largest absolute Gasteiger partial charge is 0.354 e. The van der Waals surface area contributed by atoms with E-state index in [4.69, 9.17) is 23.2 Å². The maximum absolute atomic E-state index is 12.7. The molecule has 1 fully saturated rings. The van der Waals surface area contributed by atoms with Crippen molar-refractivity contribution in [2.45, 2.75) is 12.8 Å². The van der Waals surface area contributed by atoms with Crippen LogP contribution in [0.1, 0.15) is 33.6 Å². The summed E-state index contributed by atoms with van der Waals surface area (Å²) in [5.41, 5.74) is 1.000. The van der Waals surface area contributed by atoms with Gasteiger partial charge in [0.15, 0.2) is 0 Å². The molecule has 0 radical (unpaired) electrons. The summed E-state index contributed by atoms with van der Waals surface area (Å²) in [4.78, 5) is 38.7. The molecule has 0 aliphatic carbocycles. The Labute approximate surface area is 185 Å². The van der Waals surface area contributed by atoms with Crippen LogP contribution in [0.25, 0.3) is 0 Å². The number of nitrogens with zero attached hydrogens (tertiary/aromatic N) is 1. The first-order valence-corrected chi connectivity index (χ1v) is 10.6. The predicted molar refractivity (Wildman–Crippen MR) is 117 cm³/mol. The number of piperidine rings is 1. The van der Waals surface area contributed by atoms with Gasteiger partial charge < -0.3 is 15.5 Å². The van der Waals surface area contributed by atoms with Crippen molar-refractivity contribution in [1.82, 2.24) is 15.5 Å². The fourth-order valence-corrected chi connectivity index (χ4v) is 3.87. The van der Waals surface area contributed by atoms with Crippen molar-refractivity contribution < 1.29 is 14.4 Å². The molecule has 3 amide bonds. The zero-order chi connectivity index (χ0) is 21.5. The number of hydrogen-bond donors (Lipinski definition) is 2. The Balaban J connectivity index is 1.39. The van der Waals surface area contributed by atoms with Gasteiger partial charge in [-0.3, -0.25) is 14.4 Å². The Morgan fingerprint density at radius 2 is 1.60 bits per heavy atom. The standard InChI is InChI=1S/C22H23Cl2N3O3/c23-17-6-7-18(19(24)14-17)22(30)27-12-8-16(9-13-27)21(29)26-11-10-25-20(28)15-4-2-1-3-5-15/h1-7,14,16H,8-13H2,(H,25,28)(H,26,29). The molecular weight excluding hydrogens is 425 g/mol. The highest BCUT2D eigenvalue weighted by atomic mass is 35.5. The molecule has 0 saturated carbocycles. The number of carbonyl (C=O) groups is 3. The van der Waals surface area contributed by atoms with Crippen molar-refractivity contribution in [2.24, 2.45) is 5.92 Å². The number of nitrogens with one attached hydrogen (secondary N) is 2. The molecule has 2 aromatic rings. The lowest BCUT2D eigenvalue weighted by molar-refractivity contribution is -0.126. The molecule has 1 heterocycles. The number of carbonyl (C=O) groups excluding carboxylic acids is 3. The smallest absolute Gasteiger partial charge is 0.255 e. The monoisotopic (exact) mass is 447 g/mol. The van der Waals surface area contributed by atoms with Crippen LogP contribution in [0, 0.1) is 5.92 Å². The summed E-state index contributed by atoms with van der Waals surface area (Å²) >= 11 is 12.0. The number of likely N-dealkylation sites (tertiary alicyclic amines) is 1. The summed E-state index contributed by atoms with van der Waals surface area (Å²) < 4.78 is 0. The number of halogens is 2. The third-order valence-corrected chi connectivity index (χ3v) is 5.61. The molecule has 0 aromatic heterocycles. The summed E-state index contributed by atoms with van der Waals surface area (Å²) in [5, 5.41) is 6.44. The van der Waals surface area contributed by atoms with Crippen molar-refractivity contribution >= 4 is 40.9 Å². The first-order chi connectivity index (χ1) is 14.5. The first kappa shape index (κ1) is 22.1. The van der Waals surface area contributed by atoms with E-state index in [1.165, 1.54) is 0 Å². The van der Waals surface area contributed by atoms with Gasteiger partial charge in [-0.1, -0.05) is 41.4 Å². The lowest BCUT2D eigenvalue weighted by Gasteiger charge is -2.31. The van der Waals surface area contributed by atoms with Crippen LogP contribution in [0.4, 0.5) is 0 Å². The SMILES string of the molecule is O=C(NCCNC(=O)C1CCN(C(=O)c2ccc(Cl)cc2Cl)CC1)c1ccccc1. The van der Waals surface area contributed by atoms with Gasteiger partial charge in [0.05, 0.1) is 10.6 Å². The molecule has 0 atom stereocenters. The summed E-state index contributed by atoms with van der Waals surface area (Å²) in [7, 11) is 0. The minimum absolute atomic E-state index is 0.0550. The Hall–Kier alpha value is -2.57. The summed E-state index contributed by atoms with van der Waals surface area (Å²) in [6.07, 6.45) is 1.16. The van der Waals surface area contributed by atoms with E-state index in [-0.39, 0.29) is 23.6 Å². The van der Waals surface area contributed by atoms with Gasteiger partial charge in [0.1, 0.15) is 0 Å². The number of rotatable bonds is 6.